The maximum absolute atomic E-state index is 10.9. The Balaban J connectivity index is 0.711. The predicted octanol–water partition coefficient (Wildman–Crippen LogP) is 36.7. The van der Waals surface area contributed by atoms with Gasteiger partial charge >= 0.3 is 7.48 Å². The predicted molar refractivity (Wildman–Crippen MR) is 555 cm³/mol. The lowest BCUT2D eigenvalue weighted by molar-refractivity contribution is -0.0893. The van der Waals surface area contributed by atoms with E-state index in [0.717, 1.165) is 18.3 Å². The van der Waals surface area contributed by atoms with E-state index >= 15 is 0 Å². The molecule has 1 unspecified atom stereocenters. The first kappa shape index (κ1) is 94.1. The third-order valence-electron chi connectivity index (χ3n) is 31.8. The van der Waals surface area contributed by atoms with Crippen molar-refractivity contribution in [3.8, 4) is 111 Å². The molecule has 1 atom stereocenters. The van der Waals surface area contributed by atoms with Crippen molar-refractivity contribution < 1.29 is 9.76 Å². The van der Waals surface area contributed by atoms with Gasteiger partial charge in [0.2, 0.25) is 0 Å². The molecule has 11 aromatic rings. The molecule has 4 aliphatic rings. The van der Waals surface area contributed by atoms with Crippen LogP contribution in [0.4, 0.5) is 0 Å². The molecule has 0 bridgehead atoms. The molecular formula is C125H156BO2. The summed E-state index contributed by atoms with van der Waals surface area (Å²) in [5, 5.41) is 10.9. The van der Waals surface area contributed by atoms with Gasteiger partial charge in [-0.25, -0.2) is 0 Å². The summed E-state index contributed by atoms with van der Waals surface area (Å²) in [6.07, 6.45) is 52.7. The first-order valence-corrected chi connectivity index (χ1v) is 52.0. The van der Waals surface area contributed by atoms with E-state index in [4.69, 9.17) is 4.65 Å². The minimum absolute atomic E-state index is 0.0543. The molecule has 0 heterocycles. The van der Waals surface area contributed by atoms with Gasteiger partial charge in [0.05, 0.1) is 11.2 Å². The molecule has 11 aromatic carbocycles. The standard InChI is InChI=1S/C125H156BO2/c1-13-19-25-31-37-45-78-123(79-46-38-32-26-20-14-2)112-51-43-42-50-104(112)107-77-68-102(90-115(107)123)101-67-72-106-105-71-62-96(84-113(105)120(7,8)114(106)85-101)91-52-54-92(55-53-91)97-63-73-108-109-74-64-99(88-118(109)125(117(108)87-97,82-48-40-34-28-22-16-4)83-49-41-35-29-23-17-5)94-58-56-93(57-59-94)98-65-75-110-111-76-66-100(95-60-69-103(70-61-95)126-128-122(11,12)121(9,10)127)89-119(111)124(116(110)86-98,80-44-36-30-24-18-6)81-47-39-33-27-21-15-3/h42-43,50-77,84-90,127H,13-41,44-49,78-83H2,1-12H3. The van der Waals surface area contributed by atoms with Gasteiger partial charge in [0.25, 0.3) is 0 Å². The first-order chi connectivity index (χ1) is 62.3. The number of benzene rings is 11. The van der Waals surface area contributed by atoms with Crippen LogP contribution in [0.15, 0.2) is 224 Å². The van der Waals surface area contributed by atoms with Crippen molar-refractivity contribution in [1.29, 1.82) is 0 Å². The number of unbranched alkanes of at least 4 members (excludes halogenated alkanes) is 29. The maximum atomic E-state index is 10.9. The maximum Gasteiger partial charge on any atom is 0.330 e. The molecule has 1 N–H and O–H groups in total. The zero-order chi connectivity index (χ0) is 89.3. The molecule has 0 spiro atoms. The van der Waals surface area contributed by atoms with Gasteiger partial charge < -0.3 is 9.76 Å². The van der Waals surface area contributed by atoms with Crippen molar-refractivity contribution in [3.63, 3.8) is 0 Å². The van der Waals surface area contributed by atoms with Gasteiger partial charge in [-0.1, -0.05) is 468 Å². The van der Waals surface area contributed by atoms with Crippen LogP contribution in [0.3, 0.4) is 0 Å². The summed E-state index contributed by atoms with van der Waals surface area (Å²) < 4.78 is 6.22. The minimum Gasteiger partial charge on any atom is -0.427 e. The second-order valence-corrected chi connectivity index (χ2v) is 41.6. The summed E-state index contributed by atoms with van der Waals surface area (Å²) in [5.41, 5.74) is 38.2. The summed E-state index contributed by atoms with van der Waals surface area (Å²) in [4.78, 5) is 0. The largest absolute Gasteiger partial charge is 0.427 e. The number of hydrogen-bond acceptors (Lipinski definition) is 2. The van der Waals surface area contributed by atoms with E-state index in [2.05, 4.69) is 280 Å². The second-order valence-electron chi connectivity index (χ2n) is 41.6. The Labute approximate surface area is 776 Å². The highest BCUT2D eigenvalue weighted by Gasteiger charge is 2.47. The molecular weight excluding hydrogens is 1540 g/mol. The molecule has 0 saturated carbocycles. The SMILES string of the molecule is CCCCCCCCC1(CCCCCCC)c2cc(-c3ccc([B]OC(C)(C)C(C)(C)O)cc3)ccc2-c2ccc(-c3ccc(-c4ccc5c(c4)C(CCCCCCCC)(CCCCCCCC)c4cc(-c6ccc(-c7ccc8c(c7)C(C)(C)c7cc(-c9ccc%10c(c9)C(CCCCCCCC)(CCCCCCCC)c9ccccc9-%10)ccc7-8)cc6)ccc4-5)cc3)cc21. The number of aliphatic hydroxyl groups is 1. The molecule has 2 nitrogen and oxygen atoms in total. The van der Waals surface area contributed by atoms with Crippen LogP contribution in [0.2, 0.25) is 0 Å². The van der Waals surface area contributed by atoms with Crippen LogP contribution in [-0.4, -0.2) is 23.8 Å². The lowest BCUT2D eigenvalue weighted by atomic mass is 9.69. The molecule has 0 saturated heterocycles. The zero-order valence-corrected chi connectivity index (χ0v) is 81.3. The Bertz CT molecular complexity index is 5430. The highest BCUT2D eigenvalue weighted by atomic mass is 16.5. The monoisotopic (exact) mass is 1700 g/mol. The Morgan fingerprint density at radius 1 is 0.227 bits per heavy atom. The van der Waals surface area contributed by atoms with Gasteiger partial charge in [-0.3, -0.25) is 0 Å². The third kappa shape index (κ3) is 20.4. The summed E-state index contributed by atoms with van der Waals surface area (Å²) in [5.74, 6) is 0. The Hall–Kier alpha value is -8.60. The fraction of sp³-hybridized carbons (Fsp3) is 0.472. The second kappa shape index (κ2) is 43.2. The van der Waals surface area contributed by atoms with E-state index in [0.29, 0.717) is 0 Å². The fourth-order valence-electron chi connectivity index (χ4n) is 23.3. The highest BCUT2D eigenvalue weighted by molar-refractivity contribution is 6.47. The van der Waals surface area contributed by atoms with Gasteiger partial charge in [0.15, 0.2) is 0 Å². The van der Waals surface area contributed by atoms with Crippen molar-refractivity contribution in [2.24, 2.45) is 0 Å². The summed E-state index contributed by atoms with van der Waals surface area (Å²) >= 11 is 0. The van der Waals surface area contributed by atoms with Crippen molar-refractivity contribution >= 4 is 12.9 Å². The van der Waals surface area contributed by atoms with Crippen LogP contribution in [0.5, 0.6) is 0 Å². The highest BCUT2D eigenvalue weighted by Crippen LogP contribution is 2.61. The van der Waals surface area contributed by atoms with E-state index in [1.54, 1.807) is 29.7 Å². The van der Waals surface area contributed by atoms with E-state index < -0.39 is 11.2 Å². The van der Waals surface area contributed by atoms with Crippen molar-refractivity contribution in [1.82, 2.24) is 0 Å². The quantitative estimate of drug-likeness (QED) is 0.0304. The zero-order valence-electron chi connectivity index (χ0n) is 81.3. The van der Waals surface area contributed by atoms with Gasteiger partial charge in [-0.15, -0.1) is 0 Å². The lowest BCUT2D eigenvalue weighted by Gasteiger charge is -2.37. The number of rotatable bonds is 51. The Kier molecular flexibility index (Phi) is 31.7. The molecule has 1 radical (unpaired) electrons. The smallest absolute Gasteiger partial charge is 0.330 e. The Morgan fingerprint density at radius 2 is 0.422 bits per heavy atom. The van der Waals surface area contributed by atoms with Crippen LogP contribution in [0.1, 0.15) is 391 Å². The molecule has 128 heavy (non-hydrogen) atoms. The first-order valence-electron chi connectivity index (χ1n) is 52.0. The van der Waals surface area contributed by atoms with E-state index in [-0.39, 0.29) is 21.7 Å². The molecule has 0 aliphatic heterocycles. The van der Waals surface area contributed by atoms with Gasteiger partial charge in [-0.2, -0.15) is 0 Å². The number of fused-ring (bicyclic) bond motifs is 12. The van der Waals surface area contributed by atoms with Gasteiger partial charge in [-0.05, 0) is 264 Å². The number of hydrogen-bond donors (Lipinski definition) is 1. The summed E-state index contributed by atoms with van der Waals surface area (Å²) in [6.45, 7) is 26.5. The average Bonchev–Trinajstić information content (AvgIpc) is 1.57. The van der Waals surface area contributed by atoms with Crippen LogP contribution < -0.4 is 5.46 Å². The third-order valence-corrected chi connectivity index (χ3v) is 31.8. The van der Waals surface area contributed by atoms with Crippen molar-refractivity contribution in [3.05, 3.63) is 269 Å². The molecule has 0 amide bonds. The average molecular weight is 1700 g/mol. The molecule has 0 aromatic heterocycles. The van der Waals surface area contributed by atoms with Gasteiger partial charge in [0, 0.05) is 21.7 Å². The summed E-state index contributed by atoms with van der Waals surface area (Å²) in [7, 11) is 1.80. The van der Waals surface area contributed by atoms with Crippen LogP contribution in [0, 0.1) is 0 Å². The molecule has 3 heteroatoms. The van der Waals surface area contributed by atoms with E-state index in [9.17, 15) is 5.11 Å². The molecule has 4 aliphatic carbocycles. The Morgan fingerprint density at radius 3 is 0.680 bits per heavy atom. The van der Waals surface area contributed by atoms with Crippen LogP contribution >= 0.6 is 0 Å². The fourth-order valence-corrected chi connectivity index (χ4v) is 23.3. The van der Waals surface area contributed by atoms with Crippen molar-refractivity contribution in [2.45, 2.75) is 379 Å². The summed E-state index contributed by atoms with van der Waals surface area (Å²) in [6, 6.07) is 90.5. The van der Waals surface area contributed by atoms with E-state index in [1.807, 2.05) is 27.7 Å². The van der Waals surface area contributed by atoms with Crippen molar-refractivity contribution in [2.75, 3.05) is 0 Å². The molecule has 15 rings (SSSR count). The normalized spacial score (nSPS) is 15.2. The van der Waals surface area contributed by atoms with E-state index in [1.165, 1.54) is 384 Å². The topological polar surface area (TPSA) is 29.5 Å². The lowest BCUT2D eigenvalue weighted by Crippen LogP contribution is -2.49. The molecule has 671 valence electrons. The van der Waals surface area contributed by atoms with Crippen LogP contribution in [0.25, 0.3) is 111 Å². The van der Waals surface area contributed by atoms with Crippen LogP contribution in [-0.2, 0) is 26.3 Å². The minimum atomic E-state index is -0.990. The van der Waals surface area contributed by atoms with Gasteiger partial charge in [0.1, 0.15) is 0 Å². The molecule has 0 fully saturated rings.